The third-order valence-electron chi connectivity index (χ3n) is 5.19. The Bertz CT molecular complexity index is 505. The molecule has 2 heteroatoms. The molecular formula is C22H33FO. The molecule has 0 N–H and O–H groups in total. The highest BCUT2D eigenvalue weighted by atomic mass is 19.1. The van der Waals surface area contributed by atoms with Crippen LogP contribution in [0.4, 0.5) is 4.39 Å². The van der Waals surface area contributed by atoms with Crippen molar-refractivity contribution in [3.8, 4) is 0 Å². The van der Waals surface area contributed by atoms with E-state index in [-0.39, 0.29) is 23.1 Å². The molecule has 0 spiro atoms. The lowest BCUT2D eigenvalue weighted by molar-refractivity contribution is -0.113. The second-order valence-electron chi connectivity index (χ2n) is 7.19. The van der Waals surface area contributed by atoms with Gasteiger partial charge in [-0.3, -0.25) is 0 Å². The highest BCUT2D eigenvalue weighted by molar-refractivity contribution is 5.55. The fourth-order valence-corrected chi connectivity index (χ4v) is 3.02. The van der Waals surface area contributed by atoms with Gasteiger partial charge in [0, 0.05) is 11.8 Å². The second kappa shape index (κ2) is 10.4. The van der Waals surface area contributed by atoms with Gasteiger partial charge in [-0.25, -0.2) is 4.39 Å². The average molecular weight is 333 g/mol. The van der Waals surface area contributed by atoms with Gasteiger partial charge < -0.3 is 4.79 Å². The Kier molecular flexibility index (Phi) is 8.95. The summed E-state index contributed by atoms with van der Waals surface area (Å²) in [4.78, 5) is 11.4. The predicted molar refractivity (Wildman–Crippen MR) is 101 cm³/mol. The maximum atomic E-state index is 13.2. The number of allylic oxidation sites excluding steroid dienone is 2. The second-order valence-corrected chi connectivity index (χ2v) is 7.19. The number of benzene rings is 1. The van der Waals surface area contributed by atoms with Gasteiger partial charge in [0.1, 0.15) is 12.1 Å². The van der Waals surface area contributed by atoms with Gasteiger partial charge >= 0.3 is 0 Å². The zero-order chi connectivity index (χ0) is 18.0. The van der Waals surface area contributed by atoms with Crippen molar-refractivity contribution in [2.45, 2.75) is 72.1 Å². The lowest BCUT2D eigenvalue weighted by atomic mass is 9.74. The van der Waals surface area contributed by atoms with Crippen LogP contribution in [0.15, 0.2) is 36.4 Å². The predicted octanol–water partition coefficient (Wildman–Crippen LogP) is 6.69. The normalized spacial score (nSPS) is 16.7. The maximum absolute atomic E-state index is 13.2. The summed E-state index contributed by atoms with van der Waals surface area (Å²) in [7, 11) is 0. The number of carbonyl (C=O) groups excluding carboxylic acids is 1. The van der Waals surface area contributed by atoms with Crippen molar-refractivity contribution in [3.05, 3.63) is 47.8 Å². The van der Waals surface area contributed by atoms with Crippen LogP contribution in [0.25, 0.3) is 0 Å². The van der Waals surface area contributed by atoms with Gasteiger partial charge in [-0.05, 0) is 36.0 Å². The number of rotatable bonds is 11. The number of hydrogen-bond donors (Lipinski definition) is 0. The topological polar surface area (TPSA) is 17.1 Å². The van der Waals surface area contributed by atoms with Crippen LogP contribution < -0.4 is 0 Å². The molecule has 1 aromatic carbocycles. The zero-order valence-corrected chi connectivity index (χ0v) is 15.7. The van der Waals surface area contributed by atoms with Crippen molar-refractivity contribution >= 4 is 6.29 Å². The zero-order valence-electron chi connectivity index (χ0n) is 15.7. The standard InChI is InChI=1S/C22H33FO/c1-5-7-9-19(20-10-12-21(23)13-11-20)14-16-22(4,15-8-6-2)18(3)17-24/h10-14,16-19H,5-9,15H2,1-4H3/b16-14+/t18-,19+,22-/m0/s1. The molecule has 0 heterocycles. The molecule has 1 aromatic rings. The fraction of sp³-hybridized carbons (Fsp3) is 0.591. The van der Waals surface area contributed by atoms with Gasteiger partial charge in [-0.2, -0.15) is 0 Å². The first-order valence-electron chi connectivity index (χ1n) is 9.37. The summed E-state index contributed by atoms with van der Waals surface area (Å²) in [5.41, 5.74) is 1.04. The average Bonchev–Trinajstić information content (AvgIpc) is 2.60. The lowest BCUT2D eigenvalue weighted by Crippen LogP contribution is -2.24. The van der Waals surface area contributed by atoms with Gasteiger partial charge in [0.05, 0.1) is 0 Å². The van der Waals surface area contributed by atoms with Gasteiger partial charge in [0.25, 0.3) is 0 Å². The summed E-state index contributed by atoms with van der Waals surface area (Å²) >= 11 is 0. The summed E-state index contributed by atoms with van der Waals surface area (Å²) in [6.07, 6.45) is 12.2. The first kappa shape index (κ1) is 20.6. The third kappa shape index (κ3) is 6.22. The molecule has 0 aromatic heterocycles. The Morgan fingerprint density at radius 3 is 2.29 bits per heavy atom. The van der Waals surface area contributed by atoms with Gasteiger partial charge in [-0.1, -0.05) is 77.7 Å². The molecule has 24 heavy (non-hydrogen) atoms. The smallest absolute Gasteiger partial charge is 0.123 e. The molecule has 0 bridgehead atoms. The Morgan fingerprint density at radius 1 is 1.12 bits per heavy atom. The first-order chi connectivity index (χ1) is 11.5. The molecular weight excluding hydrogens is 299 g/mol. The van der Waals surface area contributed by atoms with E-state index < -0.39 is 0 Å². The van der Waals surface area contributed by atoms with Gasteiger partial charge in [0.2, 0.25) is 0 Å². The lowest BCUT2D eigenvalue weighted by Gasteiger charge is -2.30. The Balaban J connectivity index is 3.01. The Labute approximate surface area is 147 Å². The Hall–Kier alpha value is -1.44. The number of carbonyl (C=O) groups is 1. The Morgan fingerprint density at radius 2 is 1.75 bits per heavy atom. The molecule has 0 amide bonds. The minimum Gasteiger partial charge on any atom is -0.303 e. The maximum Gasteiger partial charge on any atom is 0.123 e. The SMILES string of the molecule is CCCC[C@H](/C=C/[C@](C)(CCCC)[C@@H](C)C=O)c1ccc(F)cc1. The van der Waals surface area contributed by atoms with E-state index in [1.54, 1.807) is 0 Å². The van der Waals surface area contributed by atoms with Crippen LogP contribution in [-0.2, 0) is 4.79 Å². The minimum atomic E-state index is -0.195. The van der Waals surface area contributed by atoms with E-state index in [4.69, 9.17) is 0 Å². The van der Waals surface area contributed by atoms with E-state index in [9.17, 15) is 9.18 Å². The van der Waals surface area contributed by atoms with Crippen LogP contribution in [0.2, 0.25) is 0 Å². The summed E-state index contributed by atoms with van der Waals surface area (Å²) < 4.78 is 13.2. The molecule has 0 unspecified atom stereocenters. The van der Waals surface area contributed by atoms with Crippen LogP contribution in [0.5, 0.6) is 0 Å². The molecule has 1 nitrogen and oxygen atoms in total. The molecule has 0 aliphatic rings. The highest BCUT2D eigenvalue weighted by Gasteiger charge is 2.27. The summed E-state index contributed by atoms with van der Waals surface area (Å²) in [6.45, 7) is 8.55. The molecule has 0 aliphatic carbocycles. The van der Waals surface area contributed by atoms with Crippen molar-refractivity contribution in [3.63, 3.8) is 0 Å². The summed E-state index contributed by atoms with van der Waals surface area (Å²) in [6, 6.07) is 6.83. The van der Waals surface area contributed by atoms with E-state index in [1.807, 2.05) is 19.1 Å². The molecule has 134 valence electrons. The molecule has 0 radical (unpaired) electrons. The summed E-state index contributed by atoms with van der Waals surface area (Å²) in [5.74, 6) is 0.0880. The van der Waals surface area contributed by atoms with E-state index >= 15 is 0 Å². The molecule has 0 saturated heterocycles. The van der Waals surface area contributed by atoms with E-state index in [0.717, 1.165) is 50.4 Å². The molecule has 0 aliphatic heterocycles. The number of hydrogen-bond acceptors (Lipinski definition) is 1. The van der Waals surface area contributed by atoms with Gasteiger partial charge in [0.15, 0.2) is 0 Å². The van der Waals surface area contributed by atoms with Crippen LogP contribution in [-0.4, -0.2) is 6.29 Å². The fourth-order valence-electron chi connectivity index (χ4n) is 3.02. The monoisotopic (exact) mass is 332 g/mol. The minimum absolute atomic E-state index is 0.000318. The van der Waals surface area contributed by atoms with Crippen molar-refractivity contribution in [2.24, 2.45) is 11.3 Å². The van der Waals surface area contributed by atoms with Crippen LogP contribution >= 0.6 is 0 Å². The van der Waals surface area contributed by atoms with Crippen molar-refractivity contribution in [1.29, 1.82) is 0 Å². The van der Waals surface area contributed by atoms with Crippen molar-refractivity contribution in [2.75, 3.05) is 0 Å². The van der Waals surface area contributed by atoms with Crippen molar-refractivity contribution < 1.29 is 9.18 Å². The van der Waals surface area contributed by atoms with Crippen LogP contribution in [0.3, 0.4) is 0 Å². The quantitative estimate of drug-likeness (QED) is 0.326. The highest BCUT2D eigenvalue weighted by Crippen LogP contribution is 2.35. The molecule has 3 atom stereocenters. The number of unbranched alkanes of at least 4 members (excludes halogenated alkanes) is 2. The van der Waals surface area contributed by atoms with Crippen molar-refractivity contribution in [1.82, 2.24) is 0 Å². The largest absolute Gasteiger partial charge is 0.303 e. The van der Waals surface area contributed by atoms with Crippen LogP contribution in [0, 0.1) is 17.2 Å². The summed E-state index contributed by atoms with van der Waals surface area (Å²) in [5, 5.41) is 0. The van der Waals surface area contributed by atoms with E-state index in [2.05, 4.69) is 32.9 Å². The number of aldehydes is 1. The molecule has 1 rings (SSSR count). The molecule has 0 saturated carbocycles. The van der Waals surface area contributed by atoms with Gasteiger partial charge in [-0.15, -0.1) is 0 Å². The van der Waals surface area contributed by atoms with E-state index in [1.165, 1.54) is 12.1 Å². The first-order valence-corrected chi connectivity index (χ1v) is 9.37. The molecule has 0 fully saturated rings. The number of halogens is 1. The third-order valence-corrected chi connectivity index (χ3v) is 5.19. The van der Waals surface area contributed by atoms with Crippen LogP contribution in [0.1, 0.15) is 77.7 Å². The van der Waals surface area contributed by atoms with E-state index in [0.29, 0.717) is 0 Å².